The van der Waals surface area contributed by atoms with Gasteiger partial charge in [-0.2, -0.15) is 10.5 Å². The zero-order chi connectivity index (χ0) is 20.6. The third-order valence-corrected chi connectivity index (χ3v) is 5.02. The average Bonchev–Trinajstić information content (AvgIpc) is 2.74. The van der Waals surface area contributed by atoms with Gasteiger partial charge in [-0.1, -0.05) is 68.3 Å². The number of nitrogens with zero attached hydrogens (tertiary/aromatic N) is 2. The summed E-state index contributed by atoms with van der Waals surface area (Å²) in [5.41, 5.74) is 2.57. The highest BCUT2D eigenvalue weighted by Crippen LogP contribution is 2.25. The molecule has 140 valence electrons. The predicted molar refractivity (Wildman–Crippen MR) is 122 cm³/mol. The van der Waals surface area contributed by atoms with Gasteiger partial charge in [-0.3, -0.25) is 0 Å². The Morgan fingerprint density at radius 2 is 1.10 bits per heavy atom. The van der Waals surface area contributed by atoms with E-state index < -0.39 is 0 Å². The van der Waals surface area contributed by atoms with Crippen molar-refractivity contribution >= 4 is 44.0 Å². The van der Waals surface area contributed by atoms with E-state index in [1.807, 2.05) is 85.0 Å². The quantitative estimate of drug-likeness (QED) is 0.417. The highest BCUT2D eigenvalue weighted by molar-refractivity contribution is 9.10. The normalized spacial score (nSPS) is 13.4. The van der Waals surface area contributed by atoms with Gasteiger partial charge >= 0.3 is 0 Å². The Kier molecular flexibility index (Phi) is 7.03. The van der Waals surface area contributed by atoms with E-state index in [9.17, 15) is 10.5 Å². The first-order chi connectivity index (χ1) is 14.1. The van der Waals surface area contributed by atoms with E-state index in [0.29, 0.717) is 17.1 Å². The van der Waals surface area contributed by atoms with Crippen LogP contribution in [0.1, 0.15) is 11.1 Å². The summed E-state index contributed by atoms with van der Waals surface area (Å²) in [6.07, 6.45) is 10.8. The smallest absolute Gasteiger partial charge is 0.137 e. The third-order valence-electron chi connectivity index (χ3n) is 3.96. The van der Waals surface area contributed by atoms with Crippen LogP contribution in [0.2, 0.25) is 0 Å². The van der Waals surface area contributed by atoms with Gasteiger partial charge < -0.3 is 4.74 Å². The molecule has 0 radical (unpaired) electrons. The van der Waals surface area contributed by atoms with E-state index in [-0.39, 0.29) is 5.57 Å². The van der Waals surface area contributed by atoms with Crippen LogP contribution in [0.15, 0.2) is 104 Å². The monoisotopic (exact) mass is 504 g/mol. The maximum atomic E-state index is 9.24. The highest BCUT2D eigenvalue weighted by Gasteiger charge is 2.11. The second-order valence-electron chi connectivity index (χ2n) is 6.02. The molecule has 3 rings (SSSR count). The molecule has 5 heteroatoms. The van der Waals surface area contributed by atoms with Crippen LogP contribution in [0.25, 0.3) is 12.2 Å². The highest BCUT2D eigenvalue weighted by atomic mass is 79.9. The van der Waals surface area contributed by atoms with Crippen molar-refractivity contribution in [3.05, 3.63) is 116 Å². The summed E-state index contributed by atoms with van der Waals surface area (Å²) in [4.78, 5) is 0. The number of hydrogen-bond donors (Lipinski definition) is 0. The molecule has 0 saturated carbocycles. The van der Waals surface area contributed by atoms with Crippen molar-refractivity contribution in [1.29, 1.82) is 10.5 Å². The minimum atomic E-state index is 0.0392. The van der Waals surface area contributed by atoms with Crippen LogP contribution >= 0.6 is 31.9 Å². The summed E-state index contributed by atoms with van der Waals surface area (Å²) in [5.74, 6) is 1.09. The Morgan fingerprint density at radius 3 is 1.48 bits per heavy atom. The zero-order valence-electron chi connectivity index (χ0n) is 15.1. The Balaban J connectivity index is 1.89. The van der Waals surface area contributed by atoms with Gasteiger partial charge in [-0.05, 0) is 59.7 Å². The van der Waals surface area contributed by atoms with Gasteiger partial charge in [0.15, 0.2) is 0 Å². The Labute approximate surface area is 186 Å². The van der Waals surface area contributed by atoms with Crippen molar-refractivity contribution in [2.75, 3.05) is 0 Å². The van der Waals surface area contributed by atoms with E-state index in [1.54, 1.807) is 12.2 Å². The van der Waals surface area contributed by atoms with Crippen LogP contribution in [-0.2, 0) is 4.74 Å². The molecule has 0 fully saturated rings. The maximum Gasteiger partial charge on any atom is 0.137 e. The van der Waals surface area contributed by atoms with E-state index in [2.05, 4.69) is 31.9 Å². The molecular weight excluding hydrogens is 492 g/mol. The van der Waals surface area contributed by atoms with Crippen molar-refractivity contribution in [1.82, 2.24) is 0 Å². The fraction of sp³-hybridized carbons (Fsp3) is 0. The predicted octanol–water partition coefficient (Wildman–Crippen LogP) is 7.08. The molecule has 2 aromatic carbocycles. The van der Waals surface area contributed by atoms with Crippen molar-refractivity contribution in [3.63, 3.8) is 0 Å². The summed E-state index contributed by atoms with van der Waals surface area (Å²) in [6, 6.07) is 19.6. The van der Waals surface area contributed by atoms with Crippen LogP contribution in [-0.4, -0.2) is 0 Å². The molecule has 0 N–H and O–H groups in total. The summed E-state index contributed by atoms with van der Waals surface area (Å²) >= 11 is 6.83. The SMILES string of the molecule is N#CC(C#N)=C1C=C(/C=C/c2ccc(Br)cc2)OC(/C=C/c2ccc(Br)cc2)=C1. The number of allylic oxidation sites excluding steroid dienone is 6. The summed E-state index contributed by atoms with van der Waals surface area (Å²) < 4.78 is 7.93. The molecular formula is C24H14Br2N2O. The molecule has 0 aliphatic carbocycles. The second-order valence-corrected chi connectivity index (χ2v) is 7.85. The molecule has 0 bridgehead atoms. The lowest BCUT2D eigenvalue weighted by Crippen LogP contribution is -1.98. The van der Waals surface area contributed by atoms with Crippen LogP contribution < -0.4 is 0 Å². The van der Waals surface area contributed by atoms with Crippen LogP contribution in [0.3, 0.4) is 0 Å². The minimum Gasteiger partial charge on any atom is -0.457 e. The average molecular weight is 506 g/mol. The summed E-state index contributed by atoms with van der Waals surface area (Å²) in [6.45, 7) is 0. The van der Waals surface area contributed by atoms with Crippen LogP contribution in [0.5, 0.6) is 0 Å². The Bertz CT molecular complexity index is 1050. The lowest BCUT2D eigenvalue weighted by atomic mass is 10.1. The standard InChI is InChI=1S/C24H14Br2N2O/c25-21-7-1-17(2-8-21)5-11-23-13-19(20(15-27)16-28)14-24(29-23)12-6-18-3-9-22(26)10-4-18/h1-14H/b11-5+,12-6+. The number of hydrogen-bond acceptors (Lipinski definition) is 3. The van der Waals surface area contributed by atoms with Gasteiger partial charge in [-0.25, -0.2) is 0 Å². The maximum absolute atomic E-state index is 9.24. The van der Waals surface area contributed by atoms with Gasteiger partial charge in [0.1, 0.15) is 29.2 Å². The van der Waals surface area contributed by atoms with Gasteiger partial charge in [0, 0.05) is 14.5 Å². The lowest BCUT2D eigenvalue weighted by Gasteiger charge is -2.14. The zero-order valence-corrected chi connectivity index (χ0v) is 18.3. The molecule has 0 aromatic heterocycles. The van der Waals surface area contributed by atoms with E-state index in [1.165, 1.54) is 0 Å². The van der Waals surface area contributed by atoms with E-state index >= 15 is 0 Å². The number of benzene rings is 2. The van der Waals surface area contributed by atoms with Crippen molar-refractivity contribution < 1.29 is 4.74 Å². The van der Waals surface area contributed by atoms with Gasteiger partial charge in [-0.15, -0.1) is 0 Å². The topological polar surface area (TPSA) is 56.8 Å². The molecule has 3 nitrogen and oxygen atoms in total. The molecule has 0 unspecified atom stereocenters. The summed E-state index contributed by atoms with van der Waals surface area (Å²) in [5, 5.41) is 18.5. The first-order valence-corrected chi connectivity index (χ1v) is 10.2. The number of halogens is 2. The largest absolute Gasteiger partial charge is 0.457 e. The molecule has 0 amide bonds. The first-order valence-electron chi connectivity index (χ1n) is 8.60. The van der Waals surface area contributed by atoms with Crippen molar-refractivity contribution in [2.45, 2.75) is 0 Å². The molecule has 2 aromatic rings. The minimum absolute atomic E-state index is 0.0392. The molecule has 29 heavy (non-hydrogen) atoms. The Morgan fingerprint density at radius 1 is 0.690 bits per heavy atom. The summed E-state index contributed by atoms with van der Waals surface area (Å²) in [7, 11) is 0. The number of rotatable bonds is 4. The van der Waals surface area contributed by atoms with E-state index in [4.69, 9.17) is 4.74 Å². The second kappa shape index (κ2) is 9.89. The third kappa shape index (κ3) is 5.93. The molecule has 0 atom stereocenters. The lowest BCUT2D eigenvalue weighted by molar-refractivity contribution is 0.332. The van der Waals surface area contributed by atoms with Crippen LogP contribution in [0.4, 0.5) is 0 Å². The molecule has 1 aliphatic heterocycles. The molecule has 1 aliphatic rings. The fourth-order valence-corrected chi connectivity index (χ4v) is 3.04. The number of nitriles is 2. The van der Waals surface area contributed by atoms with Crippen LogP contribution in [0, 0.1) is 22.7 Å². The first kappa shape index (κ1) is 20.6. The Hall–Kier alpha value is -3.12. The van der Waals surface area contributed by atoms with E-state index in [0.717, 1.165) is 20.1 Å². The molecule has 1 heterocycles. The van der Waals surface area contributed by atoms with Crippen molar-refractivity contribution in [3.8, 4) is 12.1 Å². The number of ether oxygens (including phenoxy) is 1. The van der Waals surface area contributed by atoms with Gasteiger partial charge in [0.25, 0.3) is 0 Å². The molecule has 0 spiro atoms. The van der Waals surface area contributed by atoms with Gasteiger partial charge in [0.05, 0.1) is 0 Å². The van der Waals surface area contributed by atoms with Gasteiger partial charge in [0.2, 0.25) is 0 Å². The fourth-order valence-electron chi connectivity index (χ4n) is 2.51. The van der Waals surface area contributed by atoms with Crippen molar-refractivity contribution in [2.24, 2.45) is 0 Å². The molecule has 0 saturated heterocycles.